The molecule has 0 saturated carbocycles. The van der Waals surface area contributed by atoms with Gasteiger partial charge in [-0.1, -0.05) is 12.1 Å². The third-order valence-electron chi connectivity index (χ3n) is 3.48. The molecule has 0 radical (unpaired) electrons. The van der Waals surface area contributed by atoms with Gasteiger partial charge in [0.2, 0.25) is 5.91 Å². The number of nitrogens with zero attached hydrogens (tertiary/aromatic N) is 1. The van der Waals surface area contributed by atoms with Gasteiger partial charge in [0.15, 0.2) is 6.61 Å². The van der Waals surface area contributed by atoms with E-state index >= 15 is 0 Å². The number of amides is 2. The van der Waals surface area contributed by atoms with Gasteiger partial charge in [-0.05, 0) is 42.7 Å². The largest absolute Gasteiger partial charge is 0.482 e. The van der Waals surface area contributed by atoms with Crippen molar-refractivity contribution in [3.8, 4) is 5.75 Å². The van der Waals surface area contributed by atoms with Gasteiger partial charge < -0.3 is 10.1 Å². The van der Waals surface area contributed by atoms with E-state index in [1.165, 1.54) is 4.90 Å². The fourth-order valence-corrected chi connectivity index (χ4v) is 2.75. The summed E-state index contributed by atoms with van der Waals surface area (Å²) < 4.78 is 5.37. The van der Waals surface area contributed by atoms with Gasteiger partial charge in [-0.3, -0.25) is 14.5 Å². The lowest BCUT2D eigenvalue weighted by molar-refractivity contribution is -0.123. The Bertz CT molecular complexity index is 731. The molecule has 6 heteroatoms. The highest BCUT2D eigenvalue weighted by molar-refractivity contribution is 7.98. The van der Waals surface area contributed by atoms with Crippen LogP contribution in [0.5, 0.6) is 5.75 Å². The molecule has 0 atom stereocenters. The highest BCUT2D eigenvalue weighted by Crippen LogP contribution is 2.31. The maximum absolute atomic E-state index is 12.2. The van der Waals surface area contributed by atoms with Crippen LogP contribution in [0.2, 0.25) is 0 Å². The summed E-state index contributed by atoms with van der Waals surface area (Å²) in [6.45, 7) is -0.0871. The molecule has 0 unspecified atom stereocenters. The second kappa shape index (κ2) is 6.75. The molecule has 0 aliphatic carbocycles. The number of ether oxygens (including phenoxy) is 1. The van der Waals surface area contributed by atoms with Crippen molar-refractivity contribution in [1.82, 2.24) is 0 Å². The van der Waals surface area contributed by atoms with Gasteiger partial charge >= 0.3 is 0 Å². The van der Waals surface area contributed by atoms with Crippen molar-refractivity contribution in [2.75, 3.05) is 29.6 Å². The molecule has 2 aromatic rings. The predicted molar refractivity (Wildman–Crippen MR) is 91.1 cm³/mol. The molecule has 0 bridgehead atoms. The molecule has 1 heterocycles. The summed E-state index contributed by atoms with van der Waals surface area (Å²) in [5.41, 5.74) is 1.33. The Morgan fingerprint density at radius 1 is 1.22 bits per heavy atom. The zero-order chi connectivity index (χ0) is 16.2. The van der Waals surface area contributed by atoms with Crippen molar-refractivity contribution in [1.29, 1.82) is 0 Å². The first-order valence-electron chi connectivity index (χ1n) is 7.13. The van der Waals surface area contributed by atoms with E-state index in [4.69, 9.17) is 4.74 Å². The van der Waals surface area contributed by atoms with Crippen LogP contribution < -0.4 is 15.0 Å². The molecule has 2 amide bonds. The number of carbonyl (C=O) groups is 2. The average molecular weight is 328 g/mol. The van der Waals surface area contributed by atoms with Gasteiger partial charge in [0.1, 0.15) is 12.3 Å². The van der Waals surface area contributed by atoms with E-state index in [-0.39, 0.29) is 25.0 Å². The van der Waals surface area contributed by atoms with Crippen LogP contribution in [0.4, 0.5) is 11.4 Å². The summed E-state index contributed by atoms with van der Waals surface area (Å²) >= 11 is 1.64. The molecule has 0 fully saturated rings. The Labute approximate surface area is 138 Å². The molecular formula is C17H16N2O3S. The van der Waals surface area contributed by atoms with Gasteiger partial charge in [0.05, 0.1) is 5.69 Å². The van der Waals surface area contributed by atoms with Crippen molar-refractivity contribution in [2.45, 2.75) is 4.90 Å². The van der Waals surface area contributed by atoms with E-state index in [2.05, 4.69) is 5.32 Å². The lowest BCUT2D eigenvalue weighted by Crippen LogP contribution is -2.43. The summed E-state index contributed by atoms with van der Waals surface area (Å²) in [7, 11) is 0. The topological polar surface area (TPSA) is 58.6 Å². The molecule has 0 spiro atoms. The maximum atomic E-state index is 12.2. The summed E-state index contributed by atoms with van der Waals surface area (Å²) in [6, 6.07) is 14.8. The van der Waals surface area contributed by atoms with Crippen molar-refractivity contribution >= 4 is 35.0 Å². The Morgan fingerprint density at radius 3 is 2.70 bits per heavy atom. The number of carbonyl (C=O) groups excluding carboxylic acids is 2. The smallest absolute Gasteiger partial charge is 0.265 e. The van der Waals surface area contributed by atoms with Crippen LogP contribution in [-0.2, 0) is 9.59 Å². The number of nitrogens with one attached hydrogen (secondary N) is 1. The molecule has 0 saturated heterocycles. The van der Waals surface area contributed by atoms with Crippen LogP contribution in [0, 0.1) is 0 Å². The lowest BCUT2D eigenvalue weighted by atomic mass is 10.2. The van der Waals surface area contributed by atoms with Crippen LogP contribution in [0.15, 0.2) is 53.4 Å². The molecule has 1 aliphatic rings. The predicted octanol–water partition coefficient (Wildman–Crippen LogP) is 2.77. The number of rotatable bonds is 4. The van der Waals surface area contributed by atoms with E-state index in [9.17, 15) is 9.59 Å². The van der Waals surface area contributed by atoms with E-state index in [0.29, 0.717) is 17.1 Å². The highest BCUT2D eigenvalue weighted by atomic mass is 32.2. The Balaban J connectivity index is 1.71. The number of anilines is 2. The van der Waals surface area contributed by atoms with Crippen molar-refractivity contribution in [2.24, 2.45) is 0 Å². The highest BCUT2D eigenvalue weighted by Gasteiger charge is 2.26. The minimum atomic E-state index is -0.244. The van der Waals surface area contributed by atoms with Gasteiger partial charge in [0.25, 0.3) is 5.91 Å². The molecule has 0 aromatic heterocycles. The lowest BCUT2D eigenvalue weighted by Gasteiger charge is -2.28. The van der Waals surface area contributed by atoms with Crippen molar-refractivity contribution in [3.63, 3.8) is 0 Å². The number of para-hydroxylation sites is 2. The number of benzene rings is 2. The summed E-state index contributed by atoms with van der Waals surface area (Å²) in [5.74, 6) is 0.146. The van der Waals surface area contributed by atoms with Gasteiger partial charge in [-0.25, -0.2) is 0 Å². The van der Waals surface area contributed by atoms with E-state index in [1.54, 1.807) is 23.9 Å². The standard InChI is InChI=1S/C17H16N2O3S/c1-23-13-8-6-12(7-9-13)18-16(20)10-19-14-4-2-3-5-15(14)22-11-17(19)21/h2-9H,10-11H2,1H3,(H,18,20). The van der Waals surface area contributed by atoms with E-state index < -0.39 is 0 Å². The quantitative estimate of drug-likeness (QED) is 0.877. The normalized spacial score (nSPS) is 13.3. The van der Waals surface area contributed by atoms with E-state index in [1.807, 2.05) is 42.7 Å². The van der Waals surface area contributed by atoms with E-state index in [0.717, 1.165) is 4.90 Å². The fraction of sp³-hybridized carbons (Fsp3) is 0.176. The molecule has 2 aromatic carbocycles. The zero-order valence-corrected chi connectivity index (χ0v) is 13.4. The van der Waals surface area contributed by atoms with Gasteiger partial charge in [-0.2, -0.15) is 0 Å². The number of thioether (sulfide) groups is 1. The zero-order valence-electron chi connectivity index (χ0n) is 12.6. The minimum absolute atomic E-state index is 0.0382. The molecule has 118 valence electrons. The van der Waals surface area contributed by atoms with Crippen molar-refractivity contribution < 1.29 is 14.3 Å². The van der Waals surface area contributed by atoms with Crippen molar-refractivity contribution in [3.05, 3.63) is 48.5 Å². The maximum Gasteiger partial charge on any atom is 0.265 e. The van der Waals surface area contributed by atoms with Crippen LogP contribution in [0.1, 0.15) is 0 Å². The molecule has 5 nitrogen and oxygen atoms in total. The first-order valence-corrected chi connectivity index (χ1v) is 8.36. The summed E-state index contributed by atoms with van der Waals surface area (Å²) in [4.78, 5) is 26.9. The molecule has 1 N–H and O–H groups in total. The van der Waals surface area contributed by atoms with Crippen LogP contribution in [0.3, 0.4) is 0 Å². The second-order valence-corrected chi connectivity index (χ2v) is 5.89. The Hall–Kier alpha value is -2.47. The number of hydrogen-bond acceptors (Lipinski definition) is 4. The second-order valence-electron chi connectivity index (χ2n) is 5.01. The van der Waals surface area contributed by atoms with Gasteiger partial charge in [-0.15, -0.1) is 11.8 Å². The fourth-order valence-electron chi connectivity index (χ4n) is 2.35. The summed E-state index contributed by atoms with van der Waals surface area (Å²) in [6.07, 6.45) is 2.00. The molecule has 23 heavy (non-hydrogen) atoms. The van der Waals surface area contributed by atoms with Crippen LogP contribution in [0.25, 0.3) is 0 Å². The van der Waals surface area contributed by atoms with Gasteiger partial charge in [0, 0.05) is 10.6 Å². The number of fused-ring (bicyclic) bond motifs is 1. The third kappa shape index (κ3) is 3.48. The Morgan fingerprint density at radius 2 is 1.96 bits per heavy atom. The molecule has 3 rings (SSSR count). The monoisotopic (exact) mass is 328 g/mol. The third-order valence-corrected chi connectivity index (χ3v) is 4.23. The number of hydrogen-bond donors (Lipinski definition) is 1. The Kier molecular flexibility index (Phi) is 4.52. The first-order chi connectivity index (χ1) is 11.2. The SMILES string of the molecule is CSc1ccc(NC(=O)CN2C(=O)COc3ccccc32)cc1. The molecular weight excluding hydrogens is 312 g/mol. The van der Waals surface area contributed by atoms with Crippen LogP contribution >= 0.6 is 11.8 Å². The first kappa shape index (κ1) is 15.4. The van der Waals surface area contributed by atoms with Crippen LogP contribution in [-0.4, -0.2) is 31.2 Å². The molecule has 1 aliphatic heterocycles. The summed E-state index contributed by atoms with van der Waals surface area (Å²) in [5, 5.41) is 2.81. The minimum Gasteiger partial charge on any atom is -0.482 e. The average Bonchev–Trinajstić information content (AvgIpc) is 2.58.